The predicted molar refractivity (Wildman–Crippen MR) is 38.7 cm³/mol. The van der Waals surface area contributed by atoms with Gasteiger partial charge in [0.25, 0.3) is 0 Å². The summed E-state index contributed by atoms with van der Waals surface area (Å²) in [5.41, 5.74) is 0.831. The molecule has 1 N–H and O–H groups in total. The van der Waals surface area contributed by atoms with Crippen LogP contribution in [0.5, 0.6) is 0 Å². The van der Waals surface area contributed by atoms with Crippen LogP contribution in [0.3, 0.4) is 0 Å². The fourth-order valence-electron chi connectivity index (χ4n) is 1.23. The summed E-state index contributed by atoms with van der Waals surface area (Å²) in [4.78, 5) is 11.0. The van der Waals surface area contributed by atoms with Crippen molar-refractivity contribution < 1.29 is 9.90 Å². The molecule has 0 heterocycles. The Kier molecular flexibility index (Phi) is 1.55. The molecule has 10 heavy (non-hydrogen) atoms. The first-order valence-corrected chi connectivity index (χ1v) is 3.49. The van der Waals surface area contributed by atoms with Crippen molar-refractivity contribution in [3.8, 4) is 0 Å². The van der Waals surface area contributed by atoms with Crippen LogP contribution in [0.1, 0.15) is 20.8 Å². The minimum atomic E-state index is -0.106. The van der Waals surface area contributed by atoms with Gasteiger partial charge in [-0.05, 0) is 18.4 Å². The van der Waals surface area contributed by atoms with Crippen LogP contribution in [0, 0.1) is 11.8 Å². The van der Waals surface area contributed by atoms with Crippen molar-refractivity contribution in [3.05, 3.63) is 11.3 Å². The Morgan fingerprint density at radius 3 is 1.90 bits per heavy atom. The molecule has 0 saturated carbocycles. The molecule has 0 unspecified atom stereocenters. The Morgan fingerprint density at radius 2 is 1.80 bits per heavy atom. The summed E-state index contributed by atoms with van der Waals surface area (Å²) in [6.07, 6.45) is 0. The lowest BCUT2D eigenvalue weighted by Gasteiger charge is -2.07. The highest BCUT2D eigenvalue weighted by Crippen LogP contribution is 2.31. The predicted octanol–water partition coefficient (Wildman–Crippen LogP) is 1.67. The lowest BCUT2D eigenvalue weighted by atomic mass is 9.95. The molecule has 0 aromatic heterocycles. The number of rotatable bonds is 0. The summed E-state index contributed by atoms with van der Waals surface area (Å²) >= 11 is 0. The minimum absolute atomic E-state index is 0.0139. The van der Waals surface area contributed by atoms with E-state index in [0.29, 0.717) is 0 Å². The van der Waals surface area contributed by atoms with Gasteiger partial charge in [0.05, 0.1) is 0 Å². The highest BCUT2D eigenvalue weighted by Gasteiger charge is 2.33. The Bertz CT molecular complexity index is 203. The standard InChI is InChI=1S/C8H12O2/c1-4-5(2)7(9)8(10)6(4)3/h4-5,10H,1-3H3/t4-,5-/m0/s1. The molecule has 0 amide bonds. The Labute approximate surface area is 60.6 Å². The highest BCUT2D eigenvalue weighted by atomic mass is 16.3. The second kappa shape index (κ2) is 2.11. The summed E-state index contributed by atoms with van der Waals surface area (Å²) in [5, 5.41) is 9.14. The molecule has 0 aliphatic heterocycles. The Balaban J connectivity index is 2.99. The molecule has 0 aromatic carbocycles. The summed E-state index contributed by atoms with van der Waals surface area (Å²) in [6, 6.07) is 0. The van der Waals surface area contributed by atoms with E-state index in [1.807, 2.05) is 13.8 Å². The number of hydrogen-bond donors (Lipinski definition) is 1. The topological polar surface area (TPSA) is 37.3 Å². The third-order valence-electron chi connectivity index (χ3n) is 2.45. The molecular formula is C8H12O2. The average Bonchev–Trinajstić information content (AvgIpc) is 2.07. The lowest BCUT2D eigenvalue weighted by Crippen LogP contribution is -2.10. The van der Waals surface area contributed by atoms with Gasteiger partial charge in [-0.3, -0.25) is 4.79 Å². The van der Waals surface area contributed by atoms with Gasteiger partial charge in [0, 0.05) is 5.92 Å². The second-order valence-corrected chi connectivity index (χ2v) is 2.97. The zero-order chi connectivity index (χ0) is 7.89. The normalized spacial score (nSPS) is 33.7. The molecule has 2 atom stereocenters. The third kappa shape index (κ3) is 0.753. The third-order valence-corrected chi connectivity index (χ3v) is 2.45. The zero-order valence-corrected chi connectivity index (χ0v) is 6.51. The monoisotopic (exact) mass is 140 g/mol. The van der Waals surface area contributed by atoms with Crippen LogP contribution in [0.25, 0.3) is 0 Å². The first kappa shape index (κ1) is 7.32. The number of aliphatic hydroxyl groups is 1. The molecular weight excluding hydrogens is 128 g/mol. The second-order valence-electron chi connectivity index (χ2n) is 2.97. The maximum Gasteiger partial charge on any atom is 0.200 e. The molecule has 0 radical (unpaired) electrons. The Morgan fingerprint density at radius 1 is 1.30 bits per heavy atom. The van der Waals surface area contributed by atoms with Crippen molar-refractivity contribution in [2.24, 2.45) is 11.8 Å². The average molecular weight is 140 g/mol. The molecule has 2 heteroatoms. The molecule has 0 saturated heterocycles. The van der Waals surface area contributed by atoms with E-state index < -0.39 is 0 Å². The SMILES string of the molecule is CC1=C(O)C(=O)[C@@H](C)[C@@H]1C. The number of hydrogen-bond acceptors (Lipinski definition) is 2. The van der Waals surface area contributed by atoms with Crippen LogP contribution in [-0.2, 0) is 4.79 Å². The molecule has 1 aliphatic rings. The molecule has 56 valence electrons. The lowest BCUT2D eigenvalue weighted by molar-refractivity contribution is -0.120. The van der Waals surface area contributed by atoms with E-state index in [9.17, 15) is 4.79 Å². The van der Waals surface area contributed by atoms with E-state index in [-0.39, 0.29) is 23.4 Å². The van der Waals surface area contributed by atoms with Gasteiger partial charge in [-0.1, -0.05) is 13.8 Å². The molecule has 1 rings (SSSR count). The van der Waals surface area contributed by atoms with E-state index in [4.69, 9.17) is 5.11 Å². The van der Waals surface area contributed by atoms with Crippen LogP contribution >= 0.6 is 0 Å². The van der Waals surface area contributed by atoms with Crippen LogP contribution in [0.2, 0.25) is 0 Å². The van der Waals surface area contributed by atoms with Crippen LogP contribution in [0.4, 0.5) is 0 Å². The molecule has 1 aliphatic carbocycles. The van der Waals surface area contributed by atoms with Gasteiger partial charge in [0.2, 0.25) is 0 Å². The van der Waals surface area contributed by atoms with Crippen LogP contribution in [0.15, 0.2) is 11.3 Å². The first-order valence-electron chi connectivity index (χ1n) is 3.49. The fraction of sp³-hybridized carbons (Fsp3) is 0.625. The number of aliphatic hydroxyl groups excluding tert-OH is 1. The van der Waals surface area contributed by atoms with Crippen molar-refractivity contribution in [2.75, 3.05) is 0 Å². The van der Waals surface area contributed by atoms with Crippen molar-refractivity contribution in [1.82, 2.24) is 0 Å². The number of carbonyl (C=O) groups is 1. The van der Waals surface area contributed by atoms with Gasteiger partial charge >= 0.3 is 0 Å². The van der Waals surface area contributed by atoms with E-state index >= 15 is 0 Å². The molecule has 0 fully saturated rings. The number of ketones is 1. The van der Waals surface area contributed by atoms with E-state index in [1.165, 1.54) is 0 Å². The van der Waals surface area contributed by atoms with Gasteiger partial charge in [0.1, 0.15) is 0 Å². The van der Waals surface area contributed by atoms with Gasteiger partial charge in [-0.15, -0.1) is 0 Å². The fourth-order valence-corrected chi connectivity index (χ4v) is 1.23. The molecule has 0 bridgehead atoms. The Hall–Kier alpha value is -0.790. The maximum atomic E-state index is 11.0. The molecule has 2 nitrogen and oxygen atoms in total. The summed E-state index contributed by atoms with van der Waals surface area (Å²) < 4.78 is 0. The van der Waals surface area contributed by atoms with Gasteiger partial charge < -0.3 is 5.11 Å². The minimum Gasteiger partial charge on any atom is -0.504 e. The van der Waals surface area contributed by atoms with Gasteiger partial charge in [-0.2, -0.15) is 0 Å². The van der Waals surface area contributed by atoms with Crippen molar-refractivity contribution in [1.29, 1.82) is 0 Å². The molecule has 0 aromatic rings. The highest BCUT2D eigenvalue weighted by molar-refractivity contribution is 5.98. The van der Waals surface area contributed by atoms with Crippen molar-refractivity contribution in [2.45, 2.75) is 20.8 Å². The summed E-state index contributed by atoms with van der Waals surface area (Å²) in [7, 11) is 0. The van der Waals surface area contributed by atoms with Gasteiger partial charge in [0.15, 0.2) is 11.5 Å². The smallest absolute Gasteiger partial charge is 0.200 e. The largest absolute Gasteiger partial charge is 0.504 e. The first-order chi connectivity index (χ1) is 4.55. The number of allylic oxidation sites excluding steroid dienone is 2. The van der Waals surface area contributed by atoms with Crippen molar-refractivity contribution >= 4 is 5.78 Å². The van der Waals surface area contributed by atoms with Crippen LogP contribution in [-0.4, -0.2) is 10.9 Å². The van der Waals surface area contributed by atoms with E-state index in [0.717, 1.165) is 5.57 Å². The van der Waals surface area contributed by atoms with Crippen molar-refractivity contribution in [3.63, 3.8) is 0 Å². The van der Waals surface area contributed by atoms with Gasteiger partial charge in [-0.25, -0.2) is 0 Å². The summed E-state index contributed by atoms with van der Waals surface area (Å²) in [5.74, 6) is 0.0671. The number of Topliss-reactive ketones (excluding diaryl/α,β-unsaturated/α-hetero) is 1. The zero-order valence-electron chi connectivity index (χ0n) is 6.51. The molecule has 0 spiro atoms. The van der Waals surface area contributed by atoms with E-state index in [1.54, 1.807) is 6.92 Å². The maximum absolute atomic E-state index is 11.0. The quantitative estimate of drug-likeness (QED) is 0.555. The number of carbonyl (C=O) groups excluding carboxylic acids is 1. The van der Waals surface area contributed by atoms with E-state index in [2.05, 4.69) is 0 Å². The van der Waals surface area contributed by atoms with Crippen LogP contribution < -0.4 is 0 Å². The summed E-state index contributed by atoms with van der Waals surface area (Å²) in [6.45, 7) is 5.61.